The van der Waals surface area contributed by atoms with Gasteiger partial charge in [0.25, 0.3) is 0 Å². The Kier molecular flexibility index (Phi) is 13.6. The van der Waals surface area contributed by atoms with E-state index >= 15 is 0 Å². The maximum Gasteiger partial charge on any atom is 0.323 e. The molecule has 12 N–H and O–H groups in total. The zero-order valence-electron chi connectivity index (χ0n) is 25.6. The molecule has 266 valence electrons. The minimum Gasteiger partial charge on any atom is -0.480 e. The second-order valence-corrected chi connectivity index (χ2v) is 11.5. The Balaban J connectivity index is 2.08. The van der Waals surface area contributed by atoms with Crippen molar-refractivity contribution < 1.29 is 83.7 Å². The fraction of sp³-hybridized carbons (Fsp3) is 0.885. The topological polar surface area (TPSA) is 319 Å². The normalized spacial score (nSPS) is 42.9. The highest BCUT2D eigenvalue weighted by atomic mass is 16.8. The van der Waals surface area contributed by atoms with Crippen LogP contribution in [0.1, 0.15) is 27.7 Å². The molecule has 3 aliphatic rings. The van der Waals surface area contributed by atoms with Crippen molar-refractivity contribution in [1.29, 1.82) is 0 Å². The Bertz CT molecular complexity index is 1040. The first-order chi connectivity index (χ1) is 21.5. The minimum atomic E-state index is -1.87. The summed E-state index contributed by atoms with van der Waals surface area (Å²) in [6.07, 6.45) is -21.9. The van der Waals surface area contributed by atoms with E-state index < -0.39 is 135 Å². The zero-order valence-corrected chi connectivity index (χ0v) is 25.6. The van der Waals surface area contributed by atoms with Crippen LogP contribution in [0.2, 0.25) is 0 Å². The summed E-state index contributed by atoms with van der Waals surface area (Å²) >= 11 is 0. The Morgan fingerprint density at radius 3 is 1.83 bits per heavy atom. The molecular formula is C26H45N3O17. The Morgan fingerprint density at radius 1 is 0.739 bits per heavy atom. The molecule has 46 heavy (non-hydrogen) atoms. The Morgan fingerprint density at radius 2 is 1.28 bits per heavy atom. The van der Waals surface area contributed by atoms with E-state index in [4.69, 9.17) is 34.2 Å². The smallest absolute Gasteiger partial charge is 0.323 e. The second kappa shape index (κ2) is 16.3. The maximum atomic E-state index is 12.4. The third-order valence-electron chi connectivity index (χ3n) is 7.98. The molecule has 2 amide bonds. The molecule has 0 aromatic rings. The summed E-state index contributed by atoms with van der Waals surface area (Å²) in [5, 5.41) is 86.9. The number of nitrogens with two attached hydrogens (primary N) is 1. The first-order valence-electron chi connectivity index (χ1n) is 14.6. The number of ether oxygens (including phenoxy) is 6. The fourth-order valence-electron chi connectivity index (χ4n) is 5.40. The molecule has 0 saturated carbocycles. The lowest BCUT2D eigenvalue weighted by Gasteiger charge is -2.51. The van der Waals surface area contributed by atoms with Gasteiger partial charge in [-0.15, -0.1) is 0 Å². The molecule has 3 fully saturated rings. The average Bonchev–Trinajstić information content (AvgIpc) is 2.99. The first-order valence-corrected chi connectivity index (χ1v) is 14.6. The summed E-state index contributed by atoms with van der Waals surface area (Å²) < 4.78 is 35.1. The van der Waals surface area contributed by atoms with Crippen molar-refractivity contribution >= 4 is 17.8 Å². The van der Waals surface area contributed by atoms with Gasteiger partial charge in [0, 0.05) is 13.8 Å². The van der Waals surface area contributed by atoms with E-state index in [1.807, 2.05) is 0 Å². The molecule has 20 heteroatoms. The van der Waals surface area contributed by atoms with Crippen LogP contribution in [-0.4, -0.2) is 176 Å². The molecule has 3 rings (SSSR count). The van der Waals surface area contributed by atoms with Crippen LogP contribution in [0.3, 0.4) is 0 Å². The number of aliphatic hydroxyl groups is 7. The molecule has 3 heterocycles. The average molecular weight is 672 g/mol. The largest absolute Gasteiger partial charge is 0.480 e. The van der Waals surface area contributed by atoms with E-state index in [2.05, 4.69) is 10.6 Å². The van der Waals surface area contributed by atoms with E-state index in [9.17, 15) is 55.2 Å². The number of rotatable bonds is 12. The SMILES string of the molecule is CC(=O)NC1C(O)[C@@H](O)C(CO)O[C@H]1O[C@@H]1C(CO)O[C@@H](OC(C)C(N)C(=O)O)C(NC(C)=O)C1O[C@@H]1OC(C)[C@@H](O)C(O)C1O. The van der Waals surface area contributed by atoms with Gasteiger partial charge in [-0.25, -0.2) is 0 Å². The van der Waals surface area contributed by atoms with Crippen LogP contribution in [0, 0.1) is 0 Å². The Hall–Kier alpha value is -2.15. The molecule has 0 spiro atoms. The summed E-state index contributed by atoms with van der Waals surface area (Å²) in [7, 11) is 0. The lowest BCUT2D eigenvalue weighted by molar-refractivity contribution is -0.368. The molecular weight excluding hydrogens is 626 g/mol. The lowest BCUT2D eigenvalue weighted by atomic mass is 9.93. The van der Waals surface area contributed by atoms with Crippen LogP contribution < -0.4 is 16.4 Å². The number of carbonyl (C=O) groups excluding carboxylic acids is 2. The fourth-order valence-corrected chi connectivity index (χ4v) is 5.40. The van der Waals surface area contributed by atoms with Gasteiger partial charge in [-0.05, 0) is 13.8 Å². The van der Waals surface area contributed by atoms with Gasteiger partial charge >= 0.3 is 5.97 Å². The van der Waals surface area contributed by atoms with Gasteiger partial charge in [0.15, 0.2) is 18.9 Å². The van der Waals surface area contributed by atoms with E-state index in [1.165, 1.54) is 13.8 Å². The summed E-state index contributed by atoms with van der Waals surface area (Å²) in [5.74, 6) is -2.79. The van der Waals surface area contributed by atoms with Crippen molar-refractivity contribution in [3.63, 3.8) is 0 Å². The van der Waals surface area contributed by atoms with E-state index in [1.54, 1.807) is 0 Å². The van der Waals surface area contributed by atoms with Crippen LogP contribution >= 0.6 is 0 Å². The highest BCUT2D eigenvalue weighted by Gasteiger charge is 2.55. The van der Waals surface area contributed by atoms with Crippen LogP contribution in [0.4, 0.5) is 0 Å². The number of nitrogens with one attached hydrogen (secondary N) is 2. The minimum absolute atomic E-state index is 0.670. The van der Waals surface area contributed by atoms with Gasteiger partial charge in [0.1, 0.15) is 73.1 Å². The van der Waals surface area contributed by atoms with Crippen molar-refractivity contribution in [1.82, 2.24) is 10.6 Å². The van der Waals surface area contributed by atoms with Crippen molar-refractivity contribution in [3.8, 4) is 0 Å². The number of aliphatic hydroxyl groups excluding tert-OH is 7. The third-order valence-corrected chi connectivity index (χ3v) is 7.98. The van der Waals surface area contributed by atoms with E-state index in [-0.39, 0.29) is 0 Å². The maximum absolute atomic E-state index is 12.4. The first kappa shape index (κ1) is 38.3. The number of hydrogen-bond donors (Lipinski definition) is 11. The van der Waals surface area contributed by atoms with Gasteiger partial charge in [-0.3, -0.25) is 14.4 Å². The second-order valence-electron chi connectivity index (χ2n) is 11.5. The number of carboxylic acids is 1. The van der Waals surface area contributed by atoms with Gasteiger partial charge in [0.2, 0.25) is 11.8 Å². The number of hydrogen-bond acceptors (Lipinski definition) is 17. The number of carbonyl (C=O) groups is 3. The lowest BCUT2D eigenvalue weighted by Crippen LogP contribution is -2.71. The van der Waals surface area contributed by atoms with E-state index in [0.29, 0.717) is 0 Å². The number of amides is 2. The molecule has 0 bridgehead atoms. The van der Waals surface area contributed by atoms with Gasteiger partial charge in [-0.1, -0.05) is 0 Å². The number of carboxylic acid groups (broad SMARTS) is 1. The molecule has 0 aromatic heterocycles. The van der Waals surface area contributed by atoms with Crippen LogP contribution in [0.5, 0.6) is 0 Å². The number of aliphatic carboxylic acids is 1. The monoisotopic (exact) mass is 671 g/mol. The molecule has 11 unspecified atom stereocenters. The third kappa shape index (κ3) is 8.65. The van der Waals surface area contributed by atoms with Crippen molar-refractivity contribution in [2.24, 2.45) is 5.73 Å². The molecule has 3 aliphatic heterocycles. The Labute approximate surface area is 263 Å². The van der Waals surface area contributed by atoms with Crippen LogP contribution in [0.15, 0.2) is 0 Å². The van der Waals surface area contributed by atoms with Crippen molar-refractivity contribution in [3.05, 3.63) is 0 Å². The molecule has 0 aliphatic carbocycles. The zero-order chi connectivity index (χ0) is 34.6. The summed E-state index contributed by atoms with van der Waals surface area (Å²) in [5.41, 5.74) is 5.70. The van der Waals surface area contributed by atoms with E-state index in [0.717, 1.165) is 13.8 Å². The van der Waals surface area contributed by atoms with Gasteiger partial charge in [-0.2, -0.15) is 0 Å². The van der Waals surface area contributed by atoms with Crippen molar-refractivity contribution in [2.45, 2.75) is 132 Å². The molecule has 17 atom stereocenters. The highest BCUT2D eigenvalue weighted by Crippen LogP contribution is 2.34. The standard InChI is InChI=1S/C26H45N3O17/c1-7(13(27)23(39)40)41-25-15(29-10(4)33)22(46-26-20(38)19(37)16(34)8(2)42-26)21(12(6-31)44-25)45-24-14(28-9(3)32)18(36)17(35)11(5-30)43-24/h7-8,11-22,24-26,30-31,34-38H,5-6,27H2,1-4H3,(H,28,32)(H,29,33)(H,39,40)/t7?,8?,11?,12?,13?,14?,15?,16-,17+,18?,19?,20?,21-,22?,24+,25-,26+/m1/s1. The molecule has 20 nitrogen and oxygen atoms in total. The van der Waals surface area contributed by atoms with Crippen LogP contribution in [-0.2, 0) is 42.8 Å². The van der Waals surface area contributed by atoms with Gasteiger partial charge in [0.05, 0.1) is 25.4 Å². The predicted octanol–water partition coefficient (Wildman–Crippen LogP) is -6.43. The summed E-state index contributed by atoms with van der Waals surface area (Å²) in [6.45, 7) is 3.27. The molecule has 3 saturated heterocycles. The summed E-state index contributed by atoms with van der Waals surface area (Å²) in [6, 6.07) is -4.50. The van der Waals surface area contributed by atoms with Crippen molar-refractivity contribution in [2.75, 3.05) is 13.2 Å². The quantitative estimate of drug-likeness (QED) is 0.0918. The highest BCUT2D eigenvalue weighted by molar-refractivity contribution is 5.74. The van der Waals surface area contributed by atoms with Gasteiger partial charge < -0.3 is 85.6 Å². The predicted molar refractivity (Wildman–Crippen MR) is 147 cm³/mol. The van der Waals surface area contributed by atoms with Crippen LogP contribution in [0.25, 0.3) is 0 Å². The molecule has 0 radical (unpaired) electrons. The molecule has 0 aromatic carbocycles. The summed E-state index contributed by atoms with van der Waals surface area (Å²) in [4.78, 5) is 35.9.